The number of hydrogen-bond donors (Lipinski definition) is 0. The summed E-state index contributed by atoms with van der Waals surface area (Å²) in [5.41, 5.74) is 17.0. The summed E-state index contributed by atoms with van der Waals surface area (Å²) >= 11 is 0. The second-order valence-electron chi connectivity index (χ2n) is 16.3. The van der Waals surface area contributed by atoms with Crippen LogP contribution in [0, 0.1) is 6.92 Å². The van der Waals surface area contributed by atoms with Gasteiger partial charge in [0.25, 0.3) is 0 Å². The second-order valence-corrected chi connectivity index (χ2v) is 16.3. The molecule has 0 bridgehead atoms. The minimum atomic E-state index is -0.296. The molecule has 3 heteroatoms. The third-order valence-corrected chi connectivity index (χ3v) is 12.3. The van der Waals surface area contributed by atoms with Crippen molar-refractivity contribution >= 4 is 66.8 Å². The van der Waals surface area contributed by atoms with Crippen molar-refractivity contribution in [1.29, 1.82) is 0 Å². The SMILES string of the molecule is Cc1ccc(N(c2cccc(-c3ccccc3)c2)c2ccc3c(c2)C(C)(C)c2cc(N(c4ccccc4)c4ccc5c(c4)oc4ccccc45)c4ccccc4c2-3)cc1. The quantitative estimate of drug-likeness (QED) is 0.161. The van der Waals surface area contributed by atoms with Crippen LogP contribution in [0.25, 0.3) is 55.0 Å². The summed E-state index contributed by atoms with van der Waals surface area (Å²) < 4.78 is 6.45. The van der Waals surface area contributed by atoms with Gasteiger partial charge in [0.05, 0.1) is 5.69 Å². The summed E-state index contributed by atoms with van der Waals surface area (Å²) in [6.45, 7) is 6.92. The monoisotopic (exact) mass is 758 g/mol. The number of fused-ring (bicyclic) bond motifs is 8. The topological polar surface area (TPSA) is 19.6 Å². The van der Waals surface area contributed by atoms with E-state index in [4.69, 9.17) is 4.42 Å². The lowest BCUT2D eigenvalue weighted by Gasteiger charge is -2.30. The lowest BCUT2D eigenvalue weighted by atomic mass is 9.81. The average molecular weight is 759 g/mol. The zero-order chi connectivity index (χ0) is 39.7. The third kappa shape index (κ3) is 5.73. The number of anilines is 6. The first kappa shape index (κ1) is 34.9. The van der Waals surface area contributed by atoms with Crippen molar-refractivity contribution in [2.75, 3.05) is 9.80 Å². The molecule has 11 rings (SSSR count). The Hall–Kier alpha value is -7.36. The molecule has 0 N–H and O–H groups in total. The maximum Gasteiger partial charge on any atom is 0.137 e. The number of para-hydroxylation sites is 2. The highest BCUT2D eigenvalue weighted by Gasteiger charge is 2.38. The van der Waals surface area contributed by atoms with Crippen molar-refractivity contribution in [2.24, 2.45) is 0 Å². The largest absolute Gasteiger partial charge is 0.456 e. The van der Waals surface area contributed by atoms with Crippen LogP contribution in [0.3, 0.4) is 0 Å². The fourth-order valence-electron chi connectivity index (χ4n) is 9.33. The van der Waals surface area contributed by atoms with E-state index in [0.717, 1.165) is 56.1 Å². The predicted octanol–water partition coefficient (Wildman–Crippen LogP) is 16.0. The Morgan fingerprint density at radius 2 is 0.966 bits per heavy atom. The van der Waals surface area contributed by atoms with Gasteiger partial charge < -0.3 is 14.2 Å². The van der Waals surface area contributed by atoms with Crippen molar-refractivity contribution in [2.45, 2.75) is 26.2 Å². The smallest absolute Gasteiger partial charge is 0.137 e. The molecular formula is C56H42N2O. The number of hydrogen-bond acceptors (Lipinski definition) is 3. The molecule has 0 aliphatic heterocycles. The van der Waals surface area contributed by atoms with Crippen LogP contribution in [0.5, 0.6) is 0 Å². The van der Waals surface area contributed by atoms with Crippen LogP contribution in [0.4, 0.5) is 34.1 Å². The van der Waals surface area contributed by atoms with Crippen LogP contribution in [0.15, 0.2) is 205 Å². The molecule has 9 aromatic carbocycles. The van der Waals surface area contributed by atoms with Gasteiger partial charge >= 0.3 is 0 Å². The van der Waals surface area contributed by atoms with Gasteiger partial charge in [0.15, 0.2) is 0 Å². The number of furan rings is 1. The van der Waals surface area contributed by atoms with Crippen molar-refractivity contribution in [3.8, 4) is 22.3 Å². The summed E-state index contributed by atoms with van der Waals surface area (Å²) in [5.74, 6) is 0. The van der Waals surface area contributed by atoms with E-state index in [-0.39, 0.29) is 5.41 Å². The highest BCUT2D eigenvalue weighted by molar-refractivity contribution is 6.11. The van der Waals surface area contributed by atoms with Gasteiger partial charge in [0, 0.05) is 56.1 Å². The Morgan fingerprint density at radius 3 is 1.76 bits per heavy atom. The molecule has 0 saturated carbocycles. The maximum absolute atomic E-state index is 6.45. The van der Waals surface area contributed by atoms with Crippen LogP contribution in [0.1, 0.15) is 30.5 Å². The lowest BCUT2D eigenvalue weighted by molar-refractivity contribution is 0.661. The first-order valence-electron chi connectivity index (χ1n) is 20.4. The molecule has 1 heterocycles. The molecule has 1 aliphatic carbocycles. The fraction of sp³-hybridized carbons (Fsp3) is 0.0714. The van der Waals surface area contributed by atoms with E-state index in [2.05, 4.69) is 219 Å². The number of benzene rings is 9. The lowest BCUT2D eigenvalue weighted by Crippen LogP contribution is -2.18. The molecule has 59 heavy (non-hydrogen) atoms. The van der Waals surface area contributed by atoms with Gasteiger partial charge in [-0.15, -0.1) is 0 Å². The molecular weight excluding hydrogens is 717 g/mol. The molecule has 0 radical (unpaired) electrons. The molecule has 1 aromatic heterocycles. The molecule has 0 unspecified atom stereocenters. The van der Waals surface area contributed by atoms with E-state index < -0.39 is 0 Å². The third-order valence-electron chi connectivity index (χ3n) is 12.3. The maximum atomic E-state index is 6.45. The van der Waals surface area contributed by atoms with Crippen molar-refractivity contribution in [3.63, 3.8) is 0 Å². The van der Waals surface area contributed by atoms with Gasteiger partial charge in [0.1, 0.15) is 11.2 Å². The molecule has 0 fully saturated rings. The standard InChI is InChI=1S/C56H42N2O/c1-37-25-27-41(28-26-37)57(42-20-14-17-39(33-42)38-15-6-4-7-16-38)43-30-32-49-50(34-43)56(2,3)51-36-52(45-21-10-11-23-48(45)55(49)51)58(40-18-8-5-9-19-40)44-29-31-47-46-22-12-13-24-53(46)59-54(47)35-44/h4-36H,1-3H3. The van der Waals surface area contributed by atoms with E-state index in [1.165, 1.54) is 49.7 Å². The van der Waals surface area contributed by atoms with E-state index in [1.807, 2.05) is 12.1 Å². The van der Waals surface area contributed by atoms with Gasteiger partial charge in [-0.3, -0.25) is 0 Å². The molecule has 3 nitrogen and oxygen atoms in total. The molecule has 0 saturated heterocycles. The van der Waals surface area contributed by atoms with E-state index in [9.17, 15) is 0 Å². The zero-order valence-electron chi connectivity index (χ0n) is 33.4. The Balaban J connectivity index is 1.09. The number of aryl methyl sites for hydroxylation is 1. The van der Waals surface area contributed by atoms with Gasteiger partial charge in [-0.1, -0.05) is 141 Å². The highest BCUT2D eigenvalue weighted by Crippen LogP contribution is 2.56. The van der Waals surface area contributed by atoms with Crippen molar-refractivity contribution in [3.05, 3.63) is 217 Å². The molecule has 10 aromatic rings. The van der Waals surface area contributed by atoms with E-state index in [1.54, 1.807) is 0 Å². The summed E-state index contributed by atoms with van der Waals surface area (Å²) in [4.78, 5) is 4.80. The molecule has 0 spiro atoms. The molecule has 0 atom stereocenters. The number of nitrogens with zero attached hydrogens (tertiary/aromatic N) is 2. The van der Waals surface area contributed by atoms with E-state index in [0.29, 0.717) is 0 Å². The zero-order valence-corrected chi connectivity index (χ0v) is 33.4. The summed E-state index contributed by atoms with van der Waals surface area (Å²) in [7, 11) is 0. The first-order chi connectivity index (χ1) is 28.9. The minimum Gasteiger partial charge on any atom is -0.456 e. The van der Waals surface area contributed by atoms with Gasteiger partial charge in [-0.25, -0.2) is 0 Å². The van der Waals surface area contributed by atoms with E-state index >= 15 is 0 Å². The molecule has 1 aliphatic rings. The predicted molar refractivity (Wildman–Crippen MR) is 248 cm³/mol. The second kappa shape index (κ2) is 13.6. The van der Waals surface area contributed by atoms with Crippen LogP contribution in [0.2, 0.25) is 0 Å². The molecule has 282 valence electrons. The number of rotatable bonds is 7. The molecule has 0 amide bonds. The summed E-state index contributed by atoms with van der Waals surface area (Å²) in [5, 5.41) is 4.70. The Morgan fingerprint density at radius 1 is 0.390 bits per heavy atom. The van der Waals surface area contributed by atoms with Crippen molar-refractivity contribution in [1.82, 2.24) is 0 Å². The van der Waals surface area contributed by atoms with Crippen molar-refractivity contribution < 1.29 is 4.42 Å². The van der Waals surface area contributed by atoms with Crippen LogP contribution < -0.4 is 9.80 Å². The summed E-state index contributed by atoms with van der Waals surface area (Å²) in [6, 6.07) is 72.5. The minimum absolute atomic E-state index is 0.296. The van der Waals surface area contributed by atoms with Gasteiger partial charge in [-0.2, -0.15) is 0 Å². The van der Waals surface area contributed by atoms with Gasteiger partial charge in [-0.05, 0) is 118 Å². The summed E-state index contributed by atoms with van der Waals surface area (Å²) in [6.07, 6.45) is 0. The van der Waals surface area contributed by atoms with Crippen LogP contribution in [-0.2, 0) is 5.41 Å². The Bertz CT molecular complexity index is 3200. The highest BCUT2D eigenvalue weighted by atomic mass is 16.3. The Labute approximate surface area is 345 Å². The fourth-order valence-corrected chi connectivity index (χ4v) is 9.33. The average Bonchev–Trinajstić information content (AvgIpc) is 3.76. The van der Waals surface area contributed by atoms with Crippen LogP contribution >= 0.6 is 0 Å². The van der Waals surface area contributed by atoms with Gasteiger partial charge in [0.2, 0.25) is 0 Å². The Kier molecular flexibility index (Phi) is 8.06. The first-order valence-corrected chi connectivity index (χ1v) is 20.4. The van der Waals surface area contributed by atoms with Crippen LogP contribution in [-0.4, -0.2) is 0 Å². The normalized spacial score (nSPS) is 12.8.